The molecule has 2 aromatic rings. The summed E-state index contributed by atoms with van der Waals surface area (Å²) < 4.78 is 32.0. The molecule has 0 saturated heterocycles. The van der Waals surface area contributed by atoms with E-state index in [1.54, 1.807) is 24.3 Å². The van der Waals surface area contributed by atoms with E-state index in [-0.39, 0.29) is 18.2 Å². The second-order valence-electron chi connectivity index (χ2n) is 6.38. The van der Waals surface area contributed by atoms with Gasteiger partial charge in [0.1, 0.15) is 5.75 Å². The number of fused-ring (bicyclic) bond motifs is 1. The molecule has 0 aliphatic carbocycles. The summed E-state index contributed by atoms with van der Waals surface area (Å²) in [5, 5.41) is 2.68. The Labute approximate surface area is 160 Å². The van der Waals surface area contributed by atoms with Gasteiger partial charge in [0.05, 0.1) is 12.4 Å². The minimum absolute atomic E-state index is 0.0759. The number of ether oxygens (including phenoxy) is 1. The number of amides is 1. The lowest BCUT2D eigenvalue weighted by Crippen LogP contribution is -2.40. The lowest BCUT2D eigenvalue weighted by molar-refractivity contribution is 0.0956. The average molecular weight is 388 g/mol. The van der Waals surface area contributed by atoms with Gasteiger partial charge in [-0.25, -0.2) is 8.42 Å². The van der Waals surface area contributed by atoms with Crippen LogP contribution in [0.25, 0.3) is 0 Å². The van der Waals surface area contributed by atoms with Crippen LogP contribution in [0.15, 0.2) is 48.5 Å². The van der Waals surface area contributed by atoms with Crippen LogP contribution in [0.3, 0.4) is 0 Å². The SMILES string of the molecule is CCOc1ccc(C(=O)NCCS(=O)(=O)N2CCc3ccccc3C2)cc1. The van der Waals surface area contributed by atoms with Gasteiger partial charge in [-0.2, -0.15) is 4.31 Å². The fourth-order valence-corrected chi connectivity index (χ4v) is 4.42. The Morgan fingerprint density at radius 2 is 1.81 bits per heavy atom. The van der Waals surface area contributed by atoms with Crippen LogP contribution in [0.5, 0.6) is 5.75 Å². The van der Waals surface area contributed by atoms with E-state index in [0.717, 1.165) is 5.56 Å². The second kappa shape index (κ2) is 8.54. The zero-order valence-corrected chi connectivity index (χ0v) is 16.2. The minimum Gasteiger partial charge on any atom is -0.494 e. The predicted molar refractivity (Wildman–Crippen MR) is 104 cm³/mol. The third kappa shape index (κ3) is 4.87. The van der Waals surface area contributed by atoms with Crippen molar-refractivity contribution in [2.75, 3.05) is 25.4 Å². The van der Waals surface area contributed by atoms with Gasteiger partial charge < -0.3 is 10.1 Å². The van der Waals surface area contributed by atoms with Gasteiger partial charge in [0.2, 0.25) is 10.0 Å². The highest BCUT2D eigenvalue weighted by Crippen LogP contribution is 2.21. The first-order chi connectivity index (χ1) is 13.0. The van der Waals surface area contributed by atoms with Crippen molar-refractivity contribution in [2.45, 2.75) is 19.9 Å². The molecule has 0 fully saturated rings. The third-order valence-corrected chi connectivity index (χ3v) is 6.38. The van der Waals surface area contributed by atoms with E-state index in [9.17, 15) is 13.2 Å². The van der Waals surface area contributed by atoms with Crippen molar-refractivity contribution in [3.63, 3.8) is 0 Å². The molecule has 144 valence electrons. The van der Waals surface area contributed by atoms with Gasteiger partial charge in [0.25, 0.3) is 5.91 Å². The summed E-state index contributed by atoms with van der Waals surface area (Å²) in [6.07, 6.45) is 0.716. The number of benzene rings is 2. The smallest absolute Gasteiger partial charge is 0.251 e. The van der Waals surface area contributed by atoms with E-state index in [2.05, 4.69) is 5.32 Å². The maximum Gasteiger partial charge on any atom is 0.251 e. The largest absolute Gasteiger partial charge is 0.494 e. The normalized spacial score (nSPS) is 14.4. The lowest BCUT2D eigenvalue weighted by Gasteiger charge is -2.28. The maximum atomic E-state index is 12.6. The van der Waals surface area contributed by atoms with E-state index >= 15 is 0 Å². The highest BCUT2D eigenvalue weighted by atomic mass is 32.2. The molecule has 0 radical (unpaired) electrons. The maximum absolute atomic E-state index is 12.6. The molecule has 1 aliphatic rings. The lowest BCUT2D eigenvalue weighted by atomic mass is 10.0. The van der Waals surface area contributed by atoms with E-state index in [1.807, 2.05) is 31.2 Å². The number of nitrogens with zero attached hydrogens (tertiary/aromatic N) is 1. The van der Waals surface area contributed by atoms with Crippen LogP contribution in [-0.4, -0.2) is 44.1 Å². The Bertz CT molecular complexity index is 894. The zero-order chi connectivity index (χ0) is 19.3. The molecule has 0 unspecified atom stereocenters. The third-order valence-electron chi connectivity index (χ3n) is 4.56. The molecule has 1 aliphatic heterocycles. The Morgan fingerprint density at radius 1 is 1.11 bits per heavy atom. The standard InChI is InChI=1S/C20H24N2O4S/c1-2-26-19-9-7-17(8-10-19)20(23)21-12-14-27(24,25)22-13-11-16-5-3-4-6-18(16)15-22/h3-10H,2,11-15H2,1H3,(H,21,23). The van der Waals surface area contributed by atoms with Crippen molar-refractivity contribution in [3.05, 3.63) is 65.2 Å². The van der Waals surface area contributed by atoms with Crippen molar-refractivity contribution < 1.29 is 17.9 Å². The van der Waals surface area contributed by atoms with E-state index in [1.165, 1.54) is 9.87 Å². The Balaban J connectivity index is 1.52. The number of rotatable bonds is 7. The van der Waals surface area contributed by atoms with Crippen molar-refractivity contribution >= 4 is 15.9 Å². The molecule has 0 spiro atoms. The van der Waals surface area contributed by atoms with Crippen molar-refractivity contribution in [3.8, 4) is 5.75 Å². The number of hydrogen-bond donors (Lipinski definition) is 1. The summed E-state index contributed by atoms with van der Waals surface area (Å²) in [6, 6.07) is 14.7. The number of hydrogen-bond acceptors (Lipinski definition) is 4. The summed E-state index contributed by atoms with van der Waals surface area (Å²) in [6.45, 7) is 3.40. The predicted octanol–water partition coefficient (Wildman–Crippen LogP) is 2.20. The molecule has 27 heavy (non-hydrogen) atoms. The number of carbonyl (C=O) groups is 1. The topological polar surface area (TPSA) is 75.7 Å². The Morgan fingerprint density at radius 3 is 2.52 bits per heavy atom. The minimum atomic E-state index is -3.42. The Hall–Kier alpha value is -2.38. The molecule has 3 rings (SSSR count). The van der Waals surface area contributed by atoms with Crippen molar-refractivity contribution in [2.24, 2.45) is 0 Å². The molecule has 7 heteroatoms. The van der Waals surface area contributed by atoms with Crippen LogP contribution < -0.4 is 10.1 Å². The average Bonchev–Trinajstić information content (AvgIpc) is 2.68. The van der Waals surface area contributed by atoms with Gasteiger partial charge in [-0.15, -0.1) is 0 Å². The summed E-state index contributed by atoms with van der Waals surface area (Å²) >= 11 is 0. The molecule has 1 N–H and O–H groups in total. The molecule has 2 aromatic carbocycles. The van der Waals surface area contributed by atoms with Crippen LogP contribution in [-0.2, 0) is 23.0 Å². The van der Waals surface area contributed by atoms with Crippen LogP contribution in [0, 0.1) is 0 Å². The van der Waals surface area contributed by atoms with Crippen LogP contribution in [0.2, 0.25) is 0 Å². The zero-order valence-electron chi connectivity index (χ0n) is 15.3. The fourth-order valence-electron chi connectivity index (χ4n) is 3.10. The second-order valence-corrected chi connectivity index (χ2v) is 8.47. The first kappa shape index (κ1) is 19.4. The molecule has 0 aromatic heterocycles. The molecule has 6 nitrogen and oxygen atoms in total. The first-order valence-corrected chi connectivity index (χ1v) is 10.7. The summed E-state index contributed by atoms with van der Waals surface area (Å²) in [4.78, 5) is 12.2. The monoisotopic (exact) mass is 388 g/mol. The summed E-state index contributed by atoms with van der Waals surface area (Å²) in [5.41, 5.74) is 2.72. The van der Waals surface area contributed by atoms with E-state index < -0.39 is 10.0 Å². The molecule has 0 atom stereocenters. The van der Waals surface area contributed by atoms with Crippen LogP contribution in [0.4, 0.5) is 0 Å². The first-order valence-electron chi connectivity index (χ1n) is 9.05. The van der Waals surface area contributed by atoms with Crippen LogP contribution in [0.1, 0.15) is 28.4 Å². The molecule has 0 saturated carbocycles. The number of nitrogens with one attached hydrogen (secondary N) is 1. The molecule has 1 heterocycles. The summed E-state index contributed by atoms with van der Waals surface area (Å²) in [5.74, 6) is 0.289. The van der Waals surface area contributed by atoms with Gasteiger partial charge in [0.15, 0.2) is 0 Å². The van der Waals surface area contributed by atoms with Crippen molar-refractivity contribution in [1.82, 2.24) is 9.62 Å². The summed E-state index contributed by atoms with van der Waals surface area (Å²) in [7, 11) is -3.42. The fraction of sp³-hybridized carbons (Fsp3) is 0.350. The van der Waals surface area contributed by atoms with Gasteiger partial charge in [-0.3, -0.25) is 4.79 Å². The highest BCUT2D eigenvalue weighted by Gasteiger charge is 2.26. The van der Waals surface area contributed by atoms with Gasteiger partial charge in [-0.1, -0.05) is 24.3 Å². The molecular formula is C20H24N2O4S. The van der Waals surface area contributed by atoms with E-state index in [0.29, 0.717) is 37.4 Å². The highest BCUT2D eigenvalue weighted by molar-refractivity contribution is 7.89. The number of carbonyl (C=O) groups excluding carboxylic acids is 1. The molecule has 0 bridgehead atoms. The van der Waals surface area contributed by atoms with Gasteiger partial charge in [0, 0.05) is 25.2 Å². The Kier molecular flexibility index (Phi) is 6.13. The molecule has 1 amide bonds. The van der Waals surface area contributed by atoms with Crippen LogP contribution >= 0.6 is 0 Å². The molecular weight excluding hydrogens is 364 g/mol. The number of sulfonamides is 1. The quantitative estimate of drug-likeness (QED) is 0.789. The van der Waals surface area contributed by atoms with Crippen molar-refractivity contribution in [1.29, 1.82) is 0 Å². The van der Waals surface area contributed by atoms with E-state index in [4.69, 9.17) is 4.74 Å². The van der Waals surface area contributed by atoms with Gasteiger partial charge in [-0.05, 0) is 48.7 Å². The van der Waals surface area contributed by atoms with Gasteiger partial charge >= 0.3 is 0 Å².